The Balaban J connectivity index is 1.44. The van der Waals surface area contributed by atoms with Crippen LogP contribution in [0.4, 0.5) is 36.3 Å². The Kier molecular flexibility index (Phi) is 4.96. The van der Waals surface area contributed by atoms with Gasteiger partial charge < -0.3 is 15.1 Å². The number of rotatable bonds is 4. The van der Waals surface area contributed by atoms with Gasteiger partial charge in [0.25, 0.3) is 0 Å². The first-order chi connectivity index (χ1) is 13.6. The fourth-order valence-electron chi connectivity index (χ4n) is 3.07. The van der Waals surface area contributed by atoms with Crippen LogP contribution in [0.5, 0.6) is 0 Å². The van der Waals surface area contributed by atoms with Crippen LogP contribution in [0.1, 0.15) is 0 Å². The molecule has 6 nitrogen and oxygen atoms in total. The Bertz CT molecular complexity index is 975. The molecular weight excluding hydrogens is 369 g/mol. The van der Waals surface area contributed by atoms with E-state index in [1.54, 1.807) is 12.1 Å². The van der Waals surface area contributed by atoms with Crippen molar-refractivity contribution in [1.29, 1.82) is 0 Å². The number of nitrogens with one attached hydrogen (secondary N) is 1. The van der Waals surface area contributed by atoms with E-state index in [0.29, 0.717) is 43.6 Å². The fourth-order valence-corrected chi connectivity index (χ4v) is 3.07. The predicted octanol–water partition coefficient (Wildman–Crippen LogP) is 3.36. The number of piperazine rings is 1. The highest BCUT2D eigenvalue weighted by Crippen LogP contribution is 2.23. The minimum Gasteiger partial charge on any atom is -0.366 e. The van der Waals surface area contributed by atoms with Gasteiger partial charge in [-0.2, -0.15) is 10.1 Å². The number of para-hydroxylation sites is 1. The van der Waals surface area contributed by atoms with Gasteiger partial charge in [0.05, 0.1) is 17.6 Å². The normalized spacial score (nSPS) is 14.2. The van der Waals surface area contributed by atoms with Crippen molar-refractivity contribution >= 4 is 23.1 Å². The van der Waals surface area contributed by atoms with Crippen molar-refractivity contribution in [2.75, 3.05) is 41.3 Å². The zero-order chi connectivity index (χ0) is 19.5. The molecule has 0 aliphatic carbocycles. The highest BCUT2D eigenvalue weighted by molar-refractivity contribution is 5.57. The van der Waals surface area contributed by atoms with Crippen molar-refractivity contribution in [2.45, 2.75) is 0 Å². The SMILES string of the molecule is Fc1ccc(Nc2cnnc(N3CCN(c4ccccc4F)CC3)n2)c(F)c1. The highest BCUT2D eigenvalue weighted by Gasteiger charge is 2.21. The van der Waals surface area contributed by atoms with Crippen molar-refractivity contribution in [3.8, 4) is 0 Å². The van der Waals surface area contributed by atoms with Crippen molar-refractivity contribution in [2.24, 2.45) is 0 Å². The van der Waals surface area contributed by atoms with Gasteiger partial charge in [-0.05, 0) is 24.3 Å². The van der Waals surface area contributed by atoms with Crippen LogP contribution in [0.25, 0.3) is 0 Å². The minimum absolute atomic E-state index is 0.0947. The van der Waals surface area contributed by atoms with Gasteiger partial charge in [0.15, 0.2) is 5.82 Å². The average molecular weight is 386 g/mol. The van der Waals surface area contributed by atoms with Crippen molar-refractivity contribution in [3.63, 3.8) is 0 Å². The molecule has 1 fully saturated rings. The lowest BCUT2D eigenvalue weighted by molar-refractivity contribution is 0.585. The molecule has 0 unspecified atom stereocenters. The standard InChI is InChI=1S/C19H17F3N6/c20-13-5-6-16(15(22)11-13)24-18-12-23-26-19(25-18)28-9-7-27(8-10-28)17-4-2-1-3-14(17)21/h1-6,11-12H,7-10H2,(H,24,25,26). The van der Waals surface area contributed by atoms with E-state index in [1.165, 1.54) is 18.3 Å². The topological polar surface area (TPSA) is 57.2 Å². The number of hydrogen-bond donors (Lipinski definition) is 1. The maximum atomic E-state index is 14.0. The summed E-state index contributed by atoms with van der Waals surface area (Å²) in [5, 5.41) is 10.7. The van der Waals surface area contributed by atoms with Crippen LogP contribution >= 0.6 is 0 Å². The zero-order valence-corrected chi connectivity index (χ0v) is 14.8. The van der Waals surface area contributed by atoms with Gasteiger partial charge in [-0.25, -0.2) is 13.2 Å². The number of halogens is 3. The van der Waals surface area contributed by atoms with Crippen LogP contribution in [-0.2, 0) is 0 Å². The largest absolute Gasteiger partial charge is 0.366 e. The molecule has 1 saturated heterocycles. The molecule has 1 N–H and O–H groups in total. The number of nitrogens with zero attached hydrogens (tertiary/aromatic N) is 5. The molecule has 28 heavy (non-hydrogen) atoms. The van der Waals surface area contributed by atoms with Crippen LogP contribution in [0.15, 0.2) is 48.7 Å². The molecule has 9 heteroatoms. The lowest BCUT2D eigenvalue weighted by atomic mass is 10.2. The second-order valence-corrected chi connectivity index (χ2v) is 6.32. The Hall–Kier alpha value is -3.36. The summed E-state index contributed by atoms with van der Waals surface area (Å²) < 4.78 is 40.8. The van der Waals surface area contributed by atoms with Crippen molar-refractivity contribution < 1.29 is 13.2 Å². The number of hydrogen-bond acceptors (Lipinski definition) is 6. The second kappa shape index (κ2) is 7.71. The lowest BCUT2D eigenvalue weighted by Crippen LogP contribution is -2.47. The summed E-state index contributed by atoms with van der Waals surface area (Å²) in [6.45, 7) is 2.39. The van der Waals surface area contributed by atoms with E-state index < -0.39 is 11.6 Å². The average Bonchev–Trinajstić information content (AvgIpc) is 2.71. The van der Waals surface area contributed by atoms with Gasteiger partial charge in [-0.3, -0.25) is 0 Å². The first-order valence-corrected chi connectivity index (χ1v) is 8.76. The summed E-state index contributed by atoms with van der Waals surface area (Å²) >= 11 is 0. The third-order valence-corrected chi connectivity index (χ3v) is 4.50. The molecule has 0 bridgehead atoms. The first-order valence-electron chi connectivity index (χ1n) is 8.76. The van der Waals surface area contributed by atoms with Gasteiger partial charge in [0, 0.05) is 32.2 Å². The van der Waals surface area contributed by atoms with Gasteiger partial charge in [-0.1, -0.05) is 12.1 Å². The van der Waals surface area contributed by atoms with E-state index >= 15 is 0 Å². The summed E-state index contributed by atoms with van der Waals surface area (Å²) in [5.74, 6) is -0.940. The van der Waals surface area contributed by atoms with Gasteiger partial charge in [-0.15, -0.1) is 5.10 Å². The van der Waals surface area contributed by atoms with Crippen molar-refractivity contribution in [1.82, 2.24) is 15.2 Å². The first kappa shape index (κ1) is 18.0. The molecule has 2 heterocycles. The van der Waals surface area contributed by atoms with Crippen LogP contribution < -0.4 is 15.1 Å². The molecule has 0 amide bonds. The van der Waals surface area contributed by atoms with Crippen LogP contribution in [0.2, 0.25) is 0 Å². The molecule has 1 aliphatic heterocycles. The smallest absolute Gasteiger partial charge is 0.247 e. The Morgan fingerprint density at radius 2 is 1.61 bits per heavy atom. The molecule has 144 valence electrons. The van der Waals surface area contributed by atoms with Crippen LogP contribution in [0.3, 0.4) is 0 Å². The van der Waals surface area contributed by atoms with Gasteiger partial charge in [0.2, 0.25) is 5.95 Å². The van der Waals surface area contributed by atoms with E-state index in [4.69, 9.17) is 0 Å². The maximum absolute atomic E-state index is 14.0. The quantitative estimate of drug-likeness (QED) is 0.742. The summed E-state index contributed by atoms with van der Waals surface area (Å²) in [6, 6.07) is 9.91. The number of benzene rings is 2. The van der Waals surface area contributed by atoms with Crippen LogP contribution in [-0.4, -0.2) is 41.4 Å². The summed E-state index contributed by atoms with van der Waals surface area (Å²) in [6.07, 6.45) is 1.36. The molecule has 0 radical (unpaired) electrons. The maximum Gasteiger partial charge on any atom is 0.247 e. The third kappa shape index (κ3) is 3.83. The fraction of sp³-hybridized carbons (Fsp3) is 0.211. The summed E-state index contributed by atoms with van der Waals surface area (Å²) in [4.78, 5) is 8.25. The van der Waals surface area contributed by atoms with Crippen molar-refractivity contribution in [3.05, 3.63) is 66.1 Å². The molecule has 2 aromatic carbocycles. The minimum atomic E-state index is -0.723. The molecule has 1 aliphatic rings. The second-order valence-electron chi connectivity index (χ2n) is 6.32. The number of aromatic nitrogens is 3. The van der Waals surface area contributed by atoms with E-state index in [1.807, 2.05) is 15.9 Å². The van der Waals surface area contributed by atoms with E-state index in [-0.39, 0.29) is 11.5 Å². The van der Waals surface area contributed by atoms with Gasteiger partial charge >= 0.3 is 0 Å². The molecule has 3 aromatic rings. The van der Waals surface area contributed by atoms with E-state index in [2.05, 4.69) is 20.5 Å². The van der Waals surface area contributed by atoms with E-state index in [0.717, 1.165) is 12.1 Å². The Morgan fingerprint density at radius 1 is 0.857 bits per heavy atom. The molecule has 0 spiro atoms. The van der Waals surface area contributed by atoms with Gasteiger partial charge in [0.1, 0.15) is 17.5 Å². The third-order valence-electron chi connectivity index (χ3n) is 4.50. The van der Waals surface area contributed by atoms with E-state index in [9.17, 15) is 13.2 Å². The molecule has 1 aromatic heterocycles. The Labute approximate surface area is 159 Å². The van der Waals surface area contributed by atoms with Crippen LogP contribution in [0, 0.1) is 17.5 Å². The number of anilines is 4. The summed E-state index contributed by atoms with van der Waals surface area (Å²) in [5.41, 5.74) is 0.667. The molecule has 0 saturated carbocycles. The summed E-state index contributed by atoms with van der Waals surface area (Å²) in [7, 11) is 0. The molecule has 4 rings (SSSR count). The Morgan fingerprint density at radius 3 is 2.36 bits per heavy atom. The zero-order valence-electron chi connectivity index (χ0n) is 14.8. The lowest BCUT2D eigenvalue weighted by Gasteiger charge is -2.36. The predicted molar refractivity (Wildman–Crippen MR) is 100 cm³/mol. The monoisotopic (exact) mass is 386 g/mol. The molecule has 0 atom stereocenters. The highest BCUT2D eigenvalue weighted by atomic mass is 19.1. The molecular formula is C19H17F3N6.